The van der Waals surface area contributed by atoms with E-state index < -0.39 is 11.0 Å². The number of rotatable bonds is 5. The Balaban J connectivity index is 2.84. The zero-order valence-corrected chi connectivity index (χ0v) is 10.2. The van der Waals surface area contributed by atoms with Gasteiger partial charge < -0.3 is 10.4 Å². The number of nitrogens with zero attached hydrogens (tertiary/aromatic N) is 2. The van der Waals surface area contributed by atoms with E-state index in [1.807, 2.05) is 13.8 Å². The molecule has 0 aromatic carbocycles. The molecule has 0 spiro atoms. The Hall–Kier alpha value is -1.69. The molecule has 94 valence electrons. The molecule has 6 nitrogen and oxygen atoms in total. The maximum atomic E-state index is 10.9. The van der Waals surface area contributed by atoms with E-state index >= 15 is 0 Å². The van der Waals surface area contributed by atoms with E-state index in [-0.39, 0.29) is 24.0 Å². The van der Waals surface area contributed by atoms with Gasteiger partial charge in [-0.1, -0.05) is 13.8 Å². The highest BCUT2D eigenvalue weighted by Gasteiger charge is 2.19. The second-order valence-corrected chi connectivity index (χ2v) is 4.27. The van der Waals surface area contributed by atoms with Crippen molar-refractivity contribution in [1.82, 2.24) is 4.98 Å². The molecule has 1 heterocycles. The summed E-state index contributed by atoms with van der Waals surface area (Å²) in [7, 11) is 0. The van der Waals surface area contributed by atoms with Crippen LogP contribution >= 0.6 is 0 Å². The Bertz CT molecular complexity index is 407. The largest absolute Gasteiger partial charge is 0.391 e. The summed E-state index contributed by atoms with van der Waals surface area (Å²) in [6, 6.07) is 1.59. The van der Waals surface area contributed by atoms with Gasteiger partial charge >= 0.3 is 5.69 Å². The summed E-state index contributed by atoms with van der Waals surface area (Å²) >= 11 is 0. The molecule has 17 heavy (non-hydrogen) atoms. The van der Waals surface area contributed by atoms with Gasteiger partial charge in [0.1, 0.15) is 0 Å². The van der Waals surface area contributed by atoms with Crippen molar-refractivity contribution in [3.05, 3.63) is 27.9 Å². The molecular weight excluding hydrogens is 222 g/mol. The molecule has 0 saturated carbocycles. The number of aryl methyl sites for hydroxylation is 1. The van der Waals surface area contributed by atoms with Gasteiger partial charge in [-0.15, -0.1) is 0 Å². The van der Waals surface area contributed by atoms with Gasteiger partial charge in [0.05, 0.1) is 11.0 Å². The number of aliphatic hydroxyl groups is 1. The quantitative estimate of drug-likeness (QED) is 0.603. The number of pyridine rings is 1. The van der Waals surface area contributed by atoms with Crippen LogP contribution in [0.5, 0.6) is 0 Å². The Morgan fingerprint density at radius 1 is 1.59 bits per heavy atom. The fourth-order valence-corrected chi connectivity index (χ4v) is 1.35. The highest BCUT2D eigenvalue weighted by atomic mass is 16.6. The monoisotopic (exact) mass is 239 g/mol. The molecular formula is C11H17N3O3. The SMILES string of the molecule is Cc1ccnc(NCC(O)C(C)C)c1[N+](=O)[O-]. The van der Waals surface area contributed by atoms with Crippen molar-refractivity contribution in [1.29, 1.82) is 0 Å². The molecule has 1 aromatic heterocycles. The zero-order valence-electron chi connectivity index (χ0n) is 10.2. The second-order valence-electron chi connectivity index (χ2n) is 4.27. The lowest BCUT2D eigenvalue weighted by atomic mass is 10.1. The summed E-state index contributed by atoms with van der Waals surface area (Å²) < 4.78 is 0. The number of hydrogen-bond donors (Lipinski definition) is 2. The Morgan fingerprint density at radius 3 is 2.76 bits per heavy atom. The molecule has 0 radical (unpaired) electrons. The first-order chi connectivity index (χ1) is 7.93. The molecule has 0 fully saturated rings. The summed E-state index contributed by atoms with van der Waals surface area (Å²) in [5.74, 6) is 0.293. The topological polar surface area (TPSA) is 88.3 Å². The normalized spacial score (nSPS) is 12.5. The van der Waals surface area contributed by atoms with E-state index in [9.17, 15) is 15.2 Å². The van der Waals surface area contributed by atoms with Gasteiger partial charge in [0.15, 0.2) is 0 Å². The first-order valence-electron chi connectivity index (χ1n) is 5.45. The van der Waals surface area contributed by atoms with Crippen LogP contribution in [0.15, 0.2) is 12.3 Å². The minimum absolute atomic E-state index is 0.0385. The molecule has 1 unspecified atom stereocenters. The maximum absolute atomic E-state index is 10.9. The predicted molar refractivity (Wildman–Crippen MR) is 65.0 cm³/mol. The average Bonchev–Trinajstić information content (AvgIpc) is 2.24. The molecule has 0 aliphatic carbocycles. The molecule has 1 rings (SSSR count). The van der Waals surface area contributed by atoms with Crippen LogP contribution in [0.2, 0.25) is 0 Å². The molecule has 0 aliphatic rings. The second kappa shape index (κ2) is 5.58. The Kier molecular flexibility index (Phi) is 4.39. The van der Waals surface area contributed by atoms with Crippen LogP contribution in [0.1, 0.15) is 19.4 Å². The number of aromatic nitrogens is 1. The summed E-state index contributed by atoms with van der Waals surface area (Å²) in [6.45, 7) is 5.66. The van der Waals surface area contributed by atoms with Crippen molar-refractivity contribution in [2.45, 2.75) is 26.9 Å². The molecule has 6 heteroatoms. The van der Waals surface area contributed by atoms with Crippen LogP contribution in [0.25, 0.3) is 0 Å². The maximum Gasteiger partial charge on any atom is 0.314 e. The molecule has 0 aliphatic heterocycles. The zero-order chi connectivity index (χ0) is 13.0. The Labute approximate surface area is 99.8 Å². The van der Waals surface area contributed by atoms with Crippen molar-refractivity contribution in [2.75, 3.05) is 11.9 Å². The van der Waals surface area contributed by atoms with Gasteiger partial charge in [0.25, 0.3) is 0 Å². The van der Waals surface area contributed by atoms with Crippen LogP contribution in [-0.2, 0) is 0 Å². The van der Waals surface area contributed by atoms with Crippen molar-refractivity contribution < 1.29 is 10.0 Å². The number of aliphatic hydroxyl groups excluding tert-OH is 1. The van der Waals surface area contributed by atoms with Crippen LogP contribution in [0.4, 0.5) is 11.5 Å². The van der Waals surface area contributed by atoms with Crippen molar-refractivity contribution in [3.63, 3.8) is 0 Å². The summed E-state index contributed by atoms with van der Waals surface area (Å²) in [4.78, 5) is 14.3. The third-order valence-electron chi connectivity index (χ3n) is 2.56. The van der Waals surface area contributed by atoms with E-state index in [1.165, 1.54) is 6.20 Å². The fraction of sp³-hybridized carbons (Fsp3) is 0.545. The van der Waals surface area contributed by atoms with Crippen LogP contribution < -0.4 is 5.32 Å². The minimum atomic E-state index is -0.558. The van der Waals surface area contributed by atoms with Crippen molar-refractivity contribution >= 4 is 11.5 Å². The molecule has 2 N–H and O–H groups in total. The number of anilines is 1. The van der Waals surface area contributed by atoms with Gasteiger partial charge in [-0.05, 0) is 18.9 Å². The van der Waals surface area contributed by atoms with Crippen LogP contribution in [0.3, 0.4) is 0 Å². The van der Waals surface area contributed by atoms with Crippen molar-refractivity contribution in [2.24, 2.45) is 5.92 Å². The molecule has 0 amide bonds. The van der Waals surface area contributed by atoms with Gasteiger partial charge in [0.2, 0.25) is 5.82 Å². The van der Waals surface area contributed by atoms with E-state index in [2.05, 4.69) is 10.3 Å². The third kappa shape index (κ3) is 3.39. The van der Waals surface area contributed by atoms with Gasteiger partial charge in [-0.2, -0.15) is 0 Å². The lowest BCUT2D eigenvalue weighted by molar-refractivity contribution is -0.384. The lowest BCUT2D eigenvalue weighted by Crippen LogP contribution is -2.25. The molecule has 0 bridgehead atoms. The number of nitro groups is 1. The van der Waals surface area contributed by atoms with E-state index in [0.717, 1.165) is 0 Å². The van der Waals surface area contributed by atoms with E-state index in [4.69, 9.17) is 0 Å². The Morgan fingerprint density at radius 2 is 2.24 bits per heavy atom. The molecule has 1 atom stereocenters. The average molecular weight is 239 g/mol. The number of hydrogen-bond acceptors (Lipinski definition) is 5. The summed E-state index contributed by atoms with van der Waals surface area (Å²) in [6.07, 6.45) is 0.948. The van der Waals surface area contributed by atoms with E-state index in [0.29, 0.717) is 5.56 Å². The van der Waals surface area contributed by atoms with Gasteiger partial charge in [0, 0.05) is 18.3 Å². The molecule has 0 saturated heterocycles. The lowest BCUT2D eigenvalue weighted by Gasteiger charge is -2.15. The third-order valence-corrected chi connectivity index (χ3v) is 2.56. The minimum Gasteiger partial charge on any atom is -0.391 e. The highest BCUT2D eigenvalue weighted by molar-refractivity contribution is 5.59. The summed E-state index contributed by atoms with van der Waals surface area (Å²) in [5, 5.41) is 23.3. The predicted octanol–water partition coefficient (Wildman–Crippen LogP) is 1.73. The smallest absolute Gasteiger partial charge is 0.314 e. The van der Waals surface area contributed by atoms with Crippen LogP contribution in [0, 0.1) is 23.0 Å². The highest BCUT2D eigenvalue weighted by Crippen LogP contribution is 2.25. The first kappa shape index (κ1) is 13.4. The van der Waals surface area contributed by atoms with E-state index in [1.54, 1.807) is 13.0 Å². The fourth-order valence-electron chi connectivity index (χ4n) is 1.35. The van der Waals surface area contributed by atoms with Crippen LogP contribution in [-0.4, -0.2) is 27.7 Å². The number of nitrogens with one attached hydrogen (secondary N) is 1. The molecule has 1 aromatic rings. The van der Waals surface area contributed by atoms with Gasteiger partial charge in [-0.25, -0.2) is 4.98 Å². The van der Waals surface area contributed by atoms with Crippen molar-refractivity contribution in [3.8, 4) is 0 Å². The first-order valence-corrected chi connectivity index (χ1v) is 5.45. The summed E-state index contributed by atoms with van der Waals surface area (Å²) in [5.41, 5.74) is 0.509. The van der Waals surface area contributed by atoms with Gasteiger partial charge in [-0.3, -0.25) is 10.1 Å². The standard InChI is InChI=1S/C11H17N3O3/c1-7(2)9(15)6-13-11-10(14(16)17)8(3)4-5-12-11/h4-5,7,9,15H,6H2,1-3H3,(H,12,13).